The topological polar surface area (TPSA) is 102 Å². The smallest absolute Gasteiger partial charge is 0.223 e. The lowest BCUT2D eigenvalue weighted by molar-refractivity contribution is 0.688. The van der Waals surface area contributed by atoms with Crippen LogP contribution < -0.4 is 22.3 Å². The van der Waals surface area contributed by atoms with Crippen LogP contribution in [0.3, 0.4) is 0 Å². The van der Waals surface area contributed by atoms with Crippen molar-refractivity contribution < 1.29 is 0 Å². The summed E-state index contributed by atoms with van der Waals surface area (Å²) in [6.45, 7) is 0.889. The van der Waals surface area contributed by atoms with Crippen molar-refractivity contribution in [2.24, 2.45) is 5.84 Å². The summed E-state index contributed by atoms with van der Waals surface area (Å²) in [7, 11) is 0. The van der Waals surface area contributed by atoms with E-state index in [1.54, 1.807) is 6.07 Å². The maximum absolute atomic E-state index is 5.56. The van der Waals surface area contributed by atoms with Crippen LogP contribution in [-0.2, 0) is 0 Å². The van der Waals surface area contributed by atoms with Crippen molar-refractivity contribution in [3.05, 3.63) is 6.07 Å². The molecule has 0 fully saturated rings. The molecule has 0 unspecified atom stereocenters. The van der Waals surface area contributed by atoms with E-state index >= 15 is 0 Å². The van der Waals surface area contributed by atoms with E-state index in [1.165, 1.54) is 25.0 Å². The second-order valence-corrected chi connectivity index (χ2v) is 4.96. The number of nitrogens with zero attached hydrogens (tertiary/aromatic N) is 2. The van der Waals surface area contributed by atoms with Gasteiger partial charge in [-0.05, 0) is 24.9 Å². The van der Waals surface area contributed by atoms with Crippen molar-refractivity contribution in [2.75, 3.05) is 35.0 Å². The molecule has 1 rings (SSSR count). The van der Waals surface area contributed by atoms with Crippen LogP contribution in [0.1, 0.15) is 25.7 Å². The first-order chi connectivity index (χ1) is 8.76. The number of thioether (sulfide) groups is 1. The minimum absolute atomic E-state index is 0.216. The highest BCUT2D eigenvalue weighted by Gasteiger charge is 2.00. The van der Waals surface area contributed by atoms with E-state index in [0.717, 1.165) is 13.0 Å². The van der Waals surface area contributed by atoms with Gasteiger partial charge in [0.05, 0.1) is 0 Å². The van der Waals surface area contributed by atoms with Gasteiger partial charge < -0.3 is 16.5 Å². The Balaban J connectivity index is 2.20. The largest absolute Gasteiger partial charge is 0.370 e. The predicted octanol–water partition coefficient (Wildman–Crippen LogP) is 1.68. The second kappa shape index (κ2) is 8.82. The molecule has 0 atom stereocenters. The molecule has 0 aliphatic heterocycles. The number of rotatable bonds is 9. The molecular formula is C11H22N6S. The SMILES string of the molecule is CSCCCCCCNc1cc(NN)nc(N)n1. The molecule has 6 nitrogen and oxygen atoms in total. The van der Waals surface area contributed by atoms with E-state index in [1.807, 2.05) is 11.8 Å². The lowest BCUT2D eigenvalue weighted by atomic mass is 10.2. The van der Waals surface area contributed by atoms with Gasteiger partial charge in [-0.25, -0.2) is 5.84 Å². The number of nitrogens with one attached hydrogen (secondary N) is 2. The molecule has 0 radical (unpaired) electrons. The van der Waals surface area contributed by atoms with Crippen LogP contribution in [0.25, 0.3) is 0 Å². The molecular weight excluding hydrogens is 248 g/mol. The Labute approximate surface area is 112 Å². The third-order valence-corrected chi connectivity index (χ3v) is 3.17. The fraction of sp³-hybridized carbons (Fsp3) is 0.636. The fourth-order valence-electron chi connectivity index (χ4n) is 1.57. The lowest BCUT2D eigenvalue weighted by Crippen LogP contribution is -2.12. The highest BCUT2D eigenvalue weighted by atomic mass is 32.2. The number of unbranched alkanes of at least 4 members (excludes halogenated alkanes) is 3. The van der Waals surface area contributed by atoms with Crippen molar-refractivity contribution in [3.63, 3.8) is 0 Å². The molecule has 102 valence electrons. The van der Waals surface area contributed by atoms with Crippen LogP contribution in [0, 0.1) is 0 Å². The number of hydrazine groups is 1. The van der Waals surface area contributed by atoms with Gasteiger partial charge in [-0.3, -0.25) is 0 Å². The minimum Gasteiger partial charge on any atom is -0.370 e. The molecule has 1 aromatic heterocycles. The van der Waals surface area contributed by atoms with E-state index in [4.69, 9.17) is 11.6 Å². The summed E-state index contributed by atoms with van der Waals surface area (Å²) < 4.78 is 0. The van der Waals surface area contributed by atoms with Crippen molar-refractivity contribution in [3.8, 4) is 0 Å². The van der Waals surface area contributed by atoms with Crippen molar-refractivity contribution in [1.82, 2.24) is 9.97 Å². The molecule has 0 bridgehead atoms. The molecule has 1 heterocycles. The predicted molar refractivity (Wildman–Crippen MR) is 79.6 cm³/mol. The number of aromatic nitrogens is 2. The Kier molecular flexibility index (Phi) is 7.28. The molecule has 18 heavy (non-hydrogen) atoms. The average molecular weight is 270 g/mol. The van der Waals surface area contributed by atoms with E-state index in [2.05, 4.69) is 27.0 Å². The van der Waals surface area contributed by atoms with E-state index in [0.29, 0.717) is 11.6 Å². The Morgan fingerprint density at radius 1 is 1.17 bits per heavy atom. The molecule has 1 aromatic rings. The molecule has 0 aliphatic rings. The number of nitrogens with two attached hydrogens (primary N) is 2. The van der Waals surface area contributed by atoms with Crippen LogP contribution >= 0.6 is 11.8 Å². The summed E-state index contributed by atoms with van der Waals surface area (Å²) >= 11 is 1.90. The van der Waals surface area contributed by atoms with Crippen molar-refractivity contribution in [2.45, 2.75) is 25.7 Å². The van der Waals surface area contributed by atoms with Crippen molar-refractivity contribution >= 4 is 29.3 Å². The normalized spacial score (nSPS) is 10.3. The fourth-order valence-corrected chi connectivity index (χ4v) is 2.06. The monoisotopic (exact) mass is 270 g/mol. The summed E-state index contributed by atoms with van der Waals surface area (Å²) in [6, 6.07) is 1.74. The average Bonchev–Trinajstić information content (AvgIpc) is 2.37. The van der Waals surface area contributed by atoms with E-state index in [9.17, 15) is 0 Å². The van der Waals surface area contributed by atoms with Gasteiger partial charge in [0, 0.05) is 12.6 Å². The second-order valence-electron chi connectivity index (χ2n) is 3.97. The number of hydrogen-bond donors (Lipinski definition) is 4. The molecule has 0 amide bonds. The maximum Gasteiger partial charge on any atom is 0.223 e. The van der Waals surface area contributed by atoms with Gasteiger partial charge in [0.15, 0.2) is 0 Å². The van der Waals surface area contributed by atoms with Gasteiger partial charge >= 0.3 is 0 Å². The minimum atomic E-state index is 0.216. The molecule has 7 heteroatoms. The van der Waals surface area contributed by atoms with Crippen LogP contribution in [-0.4, -0.2) is 28.5 Å². The first kappa shape index (κ1) is 14.8. The lowest BCUT2D eigenvalue weighted by Gasteiger charge is -2.07. The Morgan fingerprint density at radius 3 is 2.61 bits per heavy atom. The standard InChI is InChI=1S/C11H22N6S/c1-18-7-5-3-2-4-6-14-9-8-10(17-13)16-11(12)15-9/h8H,2-7,13H2,1H3,(H4,12,14,15,16,17). The molecule has 0 aromatic carbocycles. The quantitative estimate of drug-likeness (QED) is 0.307. The van der Waals surface area contributed by atoms with Crippen LogP contribution in [0.2, 0.25) is 0 Å². The molecule has 0 saturated carbocycles. The first-order valence-electron chi connectivity index (χ1n) is 6.10. The number of anilines is 3. The summed E-state index contributed by atoms with van der Waals surface area (Å²) in [6.07, 6.45) is 7.08. The molecule has 0 saturated heterocycles. The summed E-state index contributed by atoms with van der Waals surface area (Å²) in [5.41, 5.74) is 8.02. The van der Waals surface area contributed by atoms with Crippen LogP contribution in [0.5, 0.6) is 0 Å². The number of nitrogen functional groups attached to an aromatic ring is 2. The van der Waals surface area contributed by atoms with Crippen LogP contribution in [0.15, 0.2) is 6.07 Å². The third-order valence-electron chi connectivity index (χ3n) is 2.47. The molecule has 6 N–H and O–H groups in total. The highest BCUT2D eigenvalue weighted by molar-refractivity contribution is 7.98. The Bertz CT molecular complexity index is 346. The van der Waals surface area contributed by atoms with Gasteiger partial charge in [-0.2, -0.15) is 21.7 Å². The van der Waals surface area contributed by atoms with Crippen LogP contribution in [0.4, 0.5) is 17.6 Å². The highest BCUT2D eigenvalue weighted by Crippen LogP contribution is 2.11. The number of hydrogen-bond acceptors (Lipinski definition) is 7. The molecule has 0 spiro atoms. The van der Waals surface area contributed by atoms with E-state index < -0.39 is 0 Å². The van der Waals surface area contributed by atoms with Gasteiger partial charge in [-0.15, -0.1) is 0 Å². The Morgan fingerprint density at radius 2 is 1.89 bits per heavy atom. The maximum atomic E-state index is 5.56. The van der Waals surface area contributed by atoms with Gasteiger partial charge in [-0.1, -0.05) is 12.8 Å². The van der Waals surface area contributed by atoms with Gasteiger partial charge in [0.25, 0.3) is 0 Å². The molecule has 0 aliphatic carbocycles. The van der Waals surface area contributed by atoms with Gasteiger partial charge in [0.1, 0.15) is 11.6 Å². The van der Waals surface area contributed by atoms with Gasteiger partial charge in [0.2, 0.25) is 5.95 Å². The zero-order valence-corrected chi connectivity index (χ0v) is 11.6. The zero-order valence-electron chi connectivity index (χ0n) is 10.8. The summed E-state index contributed by atoms with van der Waals surface area (Å²) in [5.74, 6) is 7.98. The Hall–Kier alpha value is -1.21. The summed E-state index contributed by atoms with van der Waals surface area (Å²) in [4.78, 5) is 8.00. The summed E-state index contributed by atoms with van der Waals surface area (Å²) in [5, 5.41) is 3.22. The van der Waals surface area contributed by atoms with Crippen molar-refractivity contribution in [1.29, 1.82) is 0 Å². The van der Waals surface area contributed by atoms with E-state index in [-0.39, 0.29) is 5.95 Å². The third kappa shape index (κ3) is 5.92. The zero-order chi connectivity index (χ0) is 13.2. The first-order valence-corrected chi connectivity index (χ1v) is 7.49.